The molecular weight excluding hydrogens is 399 g/mol. The van der Waals surface area contributed by atoms with E-state index in [1.54, 1.807) is 0 Å². The molecule has 0 aromatic heterocycles. The third-order valence-electron chi connectivity index (χ3n) is 6.21. The molecule has 2 aromatic carbocycles. The maximum absolute atomic E-state index is 13.3. The van der Waals surface area contributed by atoms with E-state index in [2.05, 4.69) is 20.4 Å². The number of nitrogens with zero attached hydrogens (tertiary/aromatic N) is 2. The minimum absolute atomic E-state index is 0.0905. The van der Waals surface area contributed by atoms with Gasteiger partial charge in [-0.25, -0.2) is 4.39 Å². The van der Waals surface area contributed by atoms with Gasteiger partial charge in [0.2, 0.25) is 5.91 Å². The van der Waals surface area contributed by atoms with Crippen LogP contribution in [0.5, 0.6) is 5.75 Å². The summed E-state index contributed by atoms with van der Waals surface area (Å²) in [7, 11) is 1.41. The summed E-state index contributed by atoms with van der Waals surface area (Å²) in [6.07, 6.45) is 1.46. The summed E-state index contributed by atoms with van der Waals surface area (Å²) in [5, 5.41) is 5.88. The number of halogens is 1. The lowest BCUT2D eigenvalue weighted by molar-refractivity contribution is -0.125. The van der Waals surface area contributed by atoms with E-state index < -0.39 is 11.4 Å². The lowest BCUT2D eigenvalue weighted by Gasteiger charge is -2.43. The molecule has 0 saturated carbocycles. The van der Waals surface area contributed by atoms with Gasteiger partial charge in [-0.3, -0.25) is 9.59 Å². The Kier molecular flexibility index (Phi) is 6.08. The van der Waals surface area contributed by atoms with E-state index >= 15 is 0 Å². The molecule has 8 heteroatoms. The molecule has 2 aliphatic heterocycles. The summed E-state index contributed by atoms with van der Waals surface area (Å²) in [6, 6.07) is 13.9. The fraction of sp³-hybridized carbons (Fsp3) is 0.391. The Bertz CT molecular complexity index is 945. The predicted octanol–water partition coefficient (Wildman–Crippen LogP) is 1.99. The molecule has 2 fully saturated rings. The number of ether oxygens (including phenoxy) is 1. The molecule has 0 aliphatic carbocycles. The molecule has 0 radical (unpaired) electrons. The van der Waals surface area contributed by atoms with Crippen molar-refractivity contribution in [2.24, 2.45) is 0 Å². The Labute approximate surface area is 181 Å². The maximum atomic E-state index is 13.3. The summed E-state index contributed by atoms with van der Waals surface area (Å²) in [4.78, 5) is 29.6. The van der Waals surface area contributed by atoms with Gasteiger partial charge < -0.3 is 25.2 Å². The van der Waals surface area contributed by atoms with Crippen LogP contribution in [0.1, 0.15) is 23.2 Å². The predicted molar refractivity (Wildman–Crippen MR) is 116 cm³/mol. The van der Waals surface area contributed by atoms with Crippen LogP contribution in [-0.2, 0) is 4.79 Å². The van der Waals surface area contributed by atoms with E-state index in [1.165, 1.54) is 25.3 Å². The van der Waals surface area contributed by atoms with Crippen LogP contribution in [0.3, 0.4) is 0 Å². The van der Waals surface area contributed by atoms with Gasteiger partial charge in [-0.2, -0.15) is 0 Å². The van der Waals surface area contributed by atoms with Crippen molar-refractivity contribution in [3.63, 3.8) is 0 Å². The second-order valence-corrected chi connectivity index (χ2v) is 7.90. The first-order valence-electron chi connectivity index (χ1n) is 10.5. The first-order valence-corrected chi connectivity index (χ1v) is 10.5. The molecule has 0 bridgehead atoms. The van der Waals surface area contributed by atoms with E-state index in [9.17, 15) is 14.0 Å². The summed E-state index contributed by atoms with van der Waals surface area (Å²) < 4.78 is 18.4. The van der Waals surface area contributed by atoms with Crippen LogP contribution in [0.2, 0.25) is 0 Å². The van der Waals surface area contributed by atoms with Crippen molar-refractivity contribution in [2.75, 3.05) is 44.9 Å². The minimum atomic E-state index is -0.511. The highest BCUT2D eigenvalue weighted by Gasteiger charge is 2.50. The van der Waals surface area contributed by atoms with Crippen molar-refractivity contribution >= 4 is 17.5 Å². The topological polar surface area (TPSA) is 73.9 Å². The maximum Gasteiger partial charge on any atom is 0.255 e. The van der Waals surface area contributed by atoms with Crippen LogP contribution in [0, 0.1) is 5.82 Å². The quantitative estimate of drug-likeness (QED) is 0.739. The van der Waals surface area contributed by atoms with Gasteiger partial charge in [0, 0.05) is 37.9 Å². The molecule has 2 heterocycles. The van der Waals surface area contributed by atoms with E-state index in [-0.39, 0.29) is 17.6 Å². The lowest BCUT2D eigenvalue weighted by Crippen LogP contribution is -2.57. The first kappa shape index (κ1) is 21.1. The summed E-state index contributed by atoms with van der Waals surface area (Å²) in [6.45, 7) is 3.20. The van der Waals surface area contributed by atoms with Crippen molar-refractivity contribution in [3.8, 4) is 5.75 Å². The Balaban J connectivity index is 1.31. The number of piperidine rings is 1. The van der Waals surface area contributed by atoms with Crippen LogP contribution >= 0.6 is 0 Å². The van der Waals surface area contributed by atoms with Crippen molar-refractivity contribution in [1.29, 1.82) is 0 Å². The fourth-order valence-electron chi connectivity index (χ4n) is 4.45. The van der Waals surface area contributed by atoms with Crippen LogP contribution in [0.15, 0.2) is 48.5 Å². The van der Waals surface area contributed by atoms with E-state index in [0.717, 1.165) is 31.6 Å². The molecule has 2 saturated heterocycles. The number of para-hydroxylation sites is 1. The van der Waals surface area contributed by atoms with Crippen LogP contribution in [0.4, 0.5) is 10.1 Å². The molecule has 31 heavy (non-hydrogen) atoms. The third-order valence-corrected chi connectivity index (χ3v) is 6.21. The molecule has 0 atom stereocenters. The highest BCUT2D eigenvalue weighted by atomic mass is 19.1. The summed E-state index contributed by atoms with van der Waals surface area (Å²) in [5.41, 5.74) is 0.847. The second kappa shape index (κ2) is 8.93. The Hall–Kier alpha value is -3.13. The molecule has 7 nitrogen and oxygen atoms in total. The van der Waals surface area contributed by atoms with E-state index in [1.807, 2.05) is 30.3 Å². The number of benzene rings is 2. The van der Waals surface area contributed by atoms with Gasteiger partial charge in [-0.1, -0.05) is 18.2 Å². The molecule has 2 aliphatic rings. The standard InChI is InChI=1S/C23H27FN4O3/c1-31-20-15-17(24)7-8-19(20)21(29)25-11-14-27-12-9-23(10-13-27)22(30)26-16-28(23)18-5-3-2-4-6-18/h2-8,15H,9-14,16H2,1H3,(H,25,29)(H,26,30). The number of rotatable bonds is 6. The van der Waals surface area contributed by atoms with Gasteiger partial charge in [0.25, 0.3) is 5.91 Å². The largest absolute Gasteiger partial charge is 0.496 e. The van der Waals surface area contributed by atoms with Crippen molar-refractivity contribution < 1.29 is 18.7 Å². The van der Waals surface area contributed by atoms with Crippen molar-refractivity contribution in [1.82, 2.24) is 15.5 Å². The molecule has 4 rings (SSSR count). The number of carbonyl (C=O) groups is 2. The average molecular weight is 426 g/mol. The Morgan fingerprint density at radius 2 is 1.94 bits per heavy atom. The van der Waals surface area contributed by atoms with Gasteiger partial charge in [0.15, 0.2) is 0 Å². The molecule has 2 N–H and O–H groups in total. The van der Waals surface area contributed by atoms with Crippen LogP contribution in [-0.4, -0.2) is 62.2 Å². The zero-order chi connectivity index (χ0) is 21.8. The Morgan fingerprint density at radius 3 is 2.65 bits per heavy atom. The zero-order valence-corrected chi connectivity index (χ0v) is 17.6. The monoisotopic (exact) mass is 426 g/mol. The number of nitrogens with one attached hydrogen (secondary N) is 2. The summed E-state index contributed by atoms with van der Waals surface area (Å²) >= 11 is 0. The van der Waals surface area contributed by atoms with E-state index in [4.69, 9.17) is 4.74 Å². The number of anilines is 1. The third kappa shape index (κ3) is 4.20. The van der Waals surface area contributed by atoms with Crippen molar-refractivity contribution in [3.05, 3.63) is 59.9 Å². The smallest absolute Gasteiger partial charge is 0.255 e. The molecule has 1 spiro atoms. The van der Waals surface area contributed by atoms with Crippen LogP contribution in [0.25, 0.3) is 0 Å². The number of amides is 2. The molecular formula is C23H27FN4O3. The SMILES string of the molecule is COc1cc(F)ccc1C(=O)NCCN1CCC2(CC1)C(=O)NCN2c1ccccc1. The minimum Gasteiger partial charge on any atom is -0.496 e. The average Bonchev–Trinajstić information content (AvgIpc) is 3.11. The number of likely N-dealkylation sites (tertiary alicyclic amines) is 1. The molecule has 2 amide bonds. The number of hydrogen-bond donors (Lipinski definition) is 2. The molecule has 2 aromatic rings. The number of methoxy groups -OCH3 is 1. The lowest BCUT2D eigenvalue weighted by atomic mass is 9.85. The van der Waals surface area contributed by atoms with Gasteiger partial charge in [0.1, 0.15) is 17.1 Å². The summed E-state index contributed by atoms with van der Waals surface area (Å²) in [5.74, 6) is -0.440. The van der Waals surface area contributed by atoms with Gasteiger partial charge in [0.05, 0.1) is 19.3 Å². The first-order chi connectivity index (χ1) is 15.0. The van der Waals surface area contributed by atoms with Gasteiger partial charge >= 0.3 is 0 Å². The van der Waals surface area contributed by atoms with Gasteiger partial charge in [-0.15, -0.1) is 0 Å². The van der Waals surface area contributed by atoms with Gasteiger partial charge in [-0.05, 0) is 37.1 Å². The highest BCUT2D eigenvalue weighted by molar-refractivity contribution is 5.97. The number of hydrogen-bond acceptors (Lipinski definition) is 5. The van der Waals surface area contributed by atoms with Crippen LogP contribution < -0.4 is 20.3 Å². The normalized spacial score (nSPS) is 18.1. The van der Waals surface area contributed by atoms with E-state index in [0.29, 0.717) is 25.3 Å². The molecule has 0 unspecified atom stereocenters. The highest BCUT2D eigenvalue weighted by Crippen LogP contribution is 2.36. The fourth-order valence-corrected chi connectivity index (χ4v) is 4.45. The van der Waals surface area contributed by atoms with Crippen molar-refractivity contribution in [2.45, 2.75) is 18.4 Å². The zero-order valence-electron chi connectivity index (χ0n) is 17.6. The Morgan fingerprint density at radius 1 is 1.19 bits per heavy atom. The molecule has 164 valence electrons. The number of carbonyl (C=O) groups excluding carboxylic acids is 2. The second-order valence-electron chi connectivity index (χ2n) is 7.90.